The SMILES string of the molecule is CC[C@H](C)N(CC(=O)N1CCc2sccc2[C@H]1COc1ccccc1OC)C(=O)Nc1ccc(C)cc1. The van der Waals surface area contributed by atoms with Gasteiger partial charge in [-0.05, 0) is 68.0 Å². The number of hydrogen-bond acceptors (Lipinski definition) is 5. The average Bonchev–Trinajstić information content (AvgIpc) is 3.40. The van der Waals surface area contributed by atoms with Crippen LogP contribution in [0, 0.1) is 6.92 Å². The molecular formula is C29H35N3O4S. The molecule has 1 aliphatic heterocycles. The summed E-state index contributed by atoms with van der Waals surface area (Å²) in [4.78, 5) is 31.7. The van der Waals surface area contributed by atoms with Gasteiger partial charge in [-0.15, -0.1) is 11.3 Å². The van der Waals surface area contributed by atoms with E-state index in [0.29, 0.717) is 30.3 Å². The first kappa shape index (κ1) is 26.5. The highest BCUT2D eigenvalue weighted by molar-refractivity contribution is 7.10. The van der Waals surface area contributed by atoms with Crippen LogP contribution in [0.15, 0.2) is 60.0 Å². The van der Waals surface area contributed by atoms with Crippen LogP contribution in [-0.4, -0.2) is 54.6 Å². The van der Waals surface area contributed by atoms with E-state index >= 15 is 0 Å². The summed E-state index contributed by atoms with van der Waals surface area (Å²) in [5, 5.41) is 5.02. The Labute approximate surface area is 223 Å². The second kappa shape index (κ2) is 12.1. The molecule has 0 radical (unpaired) electrons. The summed E-state index contributed by atoms with van der Waals surface area (Å²) in [5.41, 5.74) is 2.94. The van der Waals surface area contributed by atoms with Crippen LogP contribution in [0.5, 0.6) is 11.5 Å². The topological polar surface area (TPSA) is 71.1 Å². The molecule has 2 heterocycles. The van der Waals surface area contributed by atoms with Crippen molar-refractivity contribution in [2.45, 2.75) is 45.7 Å². The Hall–Kier alpha value is -3.52. The minimum Gasteiger partial charge on any atom is -0.493 e. The summed E-state index contributed by atoms with van der Waals surface area (Å²) in [7, 11) is 1.61. The number of rotatable bonds is 9. The van der Waals surface area contributed by atoms with Crippen molar-refractivity contribution in [3.8, 4) is 11.5 Å². The third-order valence-electron chi connectivity index (χ3n) is 6.87. The lowest BCUT2D eigenvalue weighted by Gasteiger charge is -2.38. The van der Waals surface area contributed by atoms with Crippen LogP contribution in [0.2, 0.25) is 0 Å². The average molecular weight is 522 g/mol. The van der Waals surface area contributed by atoms with Gasteiger partial charge in [-0.2, -0.15) is 0 Å². The maximum Gasteiger partial charge on any atom is 0.322 e. The van der Waals surface area contributed by atoms with E-state index in [0.717, 1.165) is 24.0 Å². The fourth-order valence-electron chi connectivity index (χ4n) is 4.50. The van der Waals surface area contributed by atoms with Gasteiger partial charge in [0, 0.05) is 23.2 Å². The Kier molecular flexibility index (Phi) is 8.71. The molecule has 3 amide bonds. The third kappa shape index (κ3) is 6.25. The summed E-state index contributed by atoms with van der Waals surface area (Å²) in [6, 6.07) is 16.6. The van der Waals surface area contributed by atoms with Gasteiger partial charge in [0.05, 0.1) is 13.2 Å². The fourth-order valence-corrected chi connectivity index (χ4v) is 5.43. The number of benzene rings is 2. The highest BCUT2D eigenvalue weighted by Gasteiger charge is 2.34. The normalized spacial score (nSPS) is 15.5. The summed E-state index contributed by atoms with van der Waals surface area (Å²) in [6.07, 6.45) is 1.53. The fraction of sp³-hybridized carbons (Fsp3) is 0.379. The van der Waals surface area contributed by atoms with Crippen molar-refractivity contribution in [2.75, 3.05) is 32.1 Å². The van der Waals surface area contributed by atoms with E-state index in [4.69, 9.17) is 9.47 Å². The van der Waals surface area contributed by atoms with E-state index in [1.165, 1.54) is 4.88 Å². The smallest absolute Gasteiger partial charge is 0.322 e. The highest BCUT2D eigenvalue weighted by Crippen LogP contribution is 2.35. The summed E-state index contributed by atoms with van der Waals surface area (Å²) in [6.45, 7) is 6.87. The van der Waals surface area contributed by atoms with E-state index in [2.05, 4.69) is 16.8 Å². The van der Waals surface area contributed by atoms with Gasteiger partial charge in [-0.25, -0.2) is 4.79 Å². The monoisotopic (exact) mass is 521 g/mol. The van der Waals surface area contributed by atoms with Crippen LogP contribution < -0.4 is 14.8 Å². The molecule has 0 fully saturated rings. The Morgan fingerprint density at radius 2 is 1.86 bits per heavy atom. The van der Waals surface area contributed by atoms with Gasteiger partial charge in [0.25, 0.3) is 0 Å². The third-order valence-corrected chi connectivity index (χ3v) is 7.87. The van der Waals surface area contributed by atoms with Crippen molar-refractivity contribution in [1.82, 2.24) is 9.80 Å². The van der Waals surface area contributed by atoms with Gasteiger partial charge in [-0.3, -0.25) is 4.79 Å². The molecule has 2 aromatic carbocycles. The minimum atomic E-state index is -0.276. The van der Waals surface area contributed by atoms with Crippen molar-refractivity contribution in [3.63, 3.8) is 0 Å². The molecule has 4 rings (SSSR count). The van der Waals surface area contributed by atoms with Crippen LogP contribution in [0.3, 0.4) is 0 Å². The number of ether oxygens (including phenoxy) is 2. The van der Waals surface area contributed by atoms with Gasteiger partial charge in [-0.1, -0.05) is 36.8 Å². The van der Waals surface area contributed by atoms with Gasteiger partial charge < -0.3 is 24.6 Å². The first-order valence-corrected chi connectivity index (χ1v) is 13.5. The first-order valence-electron chi connectivity index (χ1n) is 12.7. The van der Waals surface area contributed by atoms with Crippen molar-refractivity contribution in [3.05, 3.63) is 76.0 Å². The number of aryl methyl sites for hydroxylation is 1. The molecule has 1 aromatic heterocycles. The van der Waals surface area contributed by atoms with E-state index in [1.807, 2.05) is 74.2 Å². The van der Waals surface area contributed by atoms with Gasteiger partial charge in [0.1, 0.15) is 13.2 Å². The maximum absolute atomic E-state index is 13.7. The number of fused-ring (bicyclic) bond motifs is 1. The molecule has 1 aliphatic rings. The molecule has 2 atom stereocenters. The number of para-hydroxylation sites is 2. The van der Waals surface area contributed by atoms with E-state index in [1.54, 1.807) is 23.3 Å². The summed E-state index contributed by atoms with van der Waals surface area (Å²) < 4.78 is 11.6. The van der Waals surface area contributed by atoms with Crippen molar-refractivity contribution in [1.29, 1.82) is 0 Å². The minimum absolute atomic E-state index is 0.00265. The van der Waals surface area contributed by atoms with Gasteiger partial charge in [0.2, 0.25) is 5.91 Å². The van der Waals surface area contributed by atoms with Crippen LogP contribution in [0.1, 0.15) is 42.3 Å². The molecule has 0 bridgehead atoms. The number of nitrogens with one attached hydrogen (secondary N) is 1. The lowest BCUT2D eigenvalue weighted by atomic mass is 10.00. The number of hydrogen-bond donors (Lipinski definition) is 1. The lowest BCUT2D eigenvalue weighted by Crippen LogP contribution is -2.50. The Balaban J connectivity index is 1.51. The predicted octanol–water partition coefficient (Wildman–Crippen LogP) is 5.90. The predicted molar refractivity (Wildman–Crippen MR) is 148 cm³/mol. The Morgan fingerprint density at radius 3 is 2.57 bits per heavy atom. The Morgan fingerprint density at radius 1 is 1.14 bits per heavy atom. The van der Waals surface area contributed by atoms with Crippen molar-refractivity contribution >= 4 is 29.0 Å². The molecule has 8 heteroatoms. The van der Waals surface area contributed by atoms with Crippen LogP contribution >= 0.6 is 11.3 Å². The number of anilines is 1. The number of carbonyl (C=O) groups excluding carboxylic acids is 2. The molecule has 3 aromatic rings. The number of carbonyl (C=O) groups is 2. The number of thiophene rings is 1. The number of nitrogens with zero attached hydrogens (tertiary/aromatic N) is 2. The second-order valence-corrected chi connectivity index (χ2v) is 10.3. The summed E-state index contributed by atoms with van der Waals surface area (Å²) in [5.74, 6) is 1.20. The molecule has 0 saturated carbocycles. The van der Waals surface area contributed by atoms with Crippen LogP contribution in [0.4, 0.5) is 10.5 Å². The van der Waals surface area contributed by atoms with E-state index in [-0.39, 0.29) is 30.6 Å². The zero-order valence-electron chi connectivity index (χ0n) is 21.9. The highest BCUT2D eigenvalue weighted by atomic mass is 32.1. The standard InChI is InChI=1S/C29H35N3O4S/c1-5-21(3)32(29(34)30-22-12-10-20(2)11-13-22)18-28(33)31-16-14-27-23(15-17-37-27)24(31)19-36-26-9-7-6-8-25(26)35-4/h6-13,15,17,21,24H,5,14,16,18-19H2,1-4H3,(H,30,34)/t21-,24+/m0/s1. The first-order chi connectivity index (χ1) is 17.9. The number of methoxy groups -OCH3 is 1. The zero-order valence-corrected chi connectivity index (χ0v) is 22.7. The molecule has 37 heavy (non-hydrogen) atoms. The molecule has 1 N–H and O–H groups in total. The Bertz CT molecular complexity index is 1210. The largest absolute Gasteiger partial charge is 0.493 e. The molecule has 0 spiro atoms. The number of urea groups is 1. The molecule has 0 aliphatic carbocycles. The lowest BCUT2D eigenvalue weighted by molar-refractivity contribution is -0.135. The van der Waals surface area contributed by atoms with Crippen molar-refractivity contribution in [2.24, 2.45) is 0 Å². The number of amides is 3. The van der Waals surface area contributed by atoms with Gasteiger partial charge in [0.15, 0.2) is 11.5 Å². The van der Waals surface area contributed by atoms with E-state index < -0.39 is 0 Å². The zero-order chi connectivity index (χ0) is 26.4. The van der Waals surface area contributed by atoms with Crippen molar-refractivity contribution < 1.29 is 19.1 Å². The quantitative estimate of drug-likeness (QED) is 0.380. The molecule has 0 saturated heterocycles. The molecular weight excluding hydrogens is 486 g/mol. The van der Waals surface area contributed by atoms with Gasteiger partial charge >= 0.3 is 6.03 Å². The summed E-state index contributed by atoms with van der Waals surface area (Å²) >= 11 is 1.71. The van der Waals surface area contributed by atoms with E-state index in [9.17, 15) is 9.59 Å². The maximum atomic E-state index is 13.7. The molecule has 0 unspecified atom stereocenters. The molecule has 196 valence electrons. The van der Waals surface area contributed by atoms with Crippen LogP contribution in [0.25, 0.3) is 0 Å². The molecule has 7 nitrogen and oxygen atoms in total. The van der Waals surface area contributed by atoms with Crippen LogP contribution in [-0.2, 0) is 11.2 Å². The second-order valence-electron chi connectivity index (χ2n) is 9.30.